The van der Waals surface area contributed by atoms with Gasteiger partial charge in [-0.25, -0.2) is 0 Å². The largest absolute Gasteiger partial charge is 0.391 e. The molecule has 0 saturated heterocycles. The molecule has 0 fully saturated rings. The van der Waals surface area contributed by atoms with E-state index in [9.17, 15) is 0 Å². The van der Waals surface area contributed by atoms with Crippen LogP contribution in [0.4, 0.5) is 0 Å². The van der Waals surface area contributed by atoms with E-state index < -0.39 is 0 Å². The number of nitrogens with one attached hydrogen (secondary N) is 2. The Morgan fingerprint density at radius 3 is 2.58 bits per heavy atom. The molecule has 0 radical (unpaired) electrons. The van der Waals surface area contributed by atoms with Crippen molar-refractivity contribution >= 4 is 0 Å². The van der Waals surface area contributed by atoms with E-state index >= 15 is 0 Å². The van der Waals surface area contributed by atoms with Crippen LogP contribution in [-0.4, -0.2) is 20.6 Å². The lowest BCUT2D eigenvalue weighted by Crippen LogP contribution is -2.11. The van der Waals surface area contributed by atoms with Crippen LogP contribution in [0.3, 0.4) is 0 Å². The molecule has 0 aromatic carbocycles. The molecule has 0 aromatic rings. The SMILES string of the molecule is C/C=C/C=C(/CCCNC)NC. The first-order valence-corrected chi connectivity index (χ1v) is 4.49. The van der Waals surface area contributed by atoms with E-state index in [-0.39, 0.29) is 0 Å². The standard InChI is InChI=1S/C10H20N2/c1-4-5-7-10(12-3)8-6-9-11-2/h4-5,7,11-12H,6,8-9H2,1-3H3/b5-4+,10-7-. The molecule has 0 amide bonds. The van der Waals surface area contributed by atoms with Crippen LogP contribution in [-0.2, 0) is 0 Å². The van der Waals surface area contributed by atoms with Crippen LogP contribution < -0.4 is 10.6 Å². The lowest BCUT2D eigenvalue weighted by molar-refractivity contribution is 0.698. The minimum atomic E-state index is 1.08. The number of hydrogen-bond donors (Lipinski definition) is 2. The topological polar surface area (TPSA) is 24.1 Å². The molecule has 0 aromatic heterocycles. The summed E-state index contributed by atoms with van der Waals surface area (Å²) >= 11 is 0. The fraction of sp³-hybridized carbons (Fsp3) is 0.600. The first-order chi connectivity index (χ1) is 5.85. The summed E-state index contributed by atoms with van der Waals surface area (Å²) in [5.41, 5.74) is 1.29. The van der Waals surface area contributed by atoms with Crippen LogP contribution in [0.2, 0.25) is 0 Å². The molecule has 70 valence electrons. The van der Waals surface area contributed by atoms with Gasteiger partial charge in [-0.15, -0.1) is 0 Å². The smallest absolute Gasteiger partial charge is 0.0104 e. The zero-order valence-electron chi connectivity index (χ0n) is 8.35. The van der Waals surface area contributed by atoms with Crippen molar-refractivity contribution in [3.63, 3.8) is 0 Å². The van der Waals surface area contributed by atoms with E-state index in [4.69, 9.17) is 0 Å². The first-order valence-electron chi connectivity index (χ1n) is 4.49. The van der Waals surface area contributed by atoms with Gasteiger partial charge in [-0.2, -0.15) is 0 Å². The third-order valence-electron chi connectivity index (χ3n) is 1.68. The Labute approximate surface area is 75.7 Å². The predicted molar refractivity (Wildman–Crippen MR) is 55.1 cm³/mol. The van der Waals surface area contributed by atoms with Crippen molar-refractivity contribution in [3.8, 4) is 0 Å². The molecule has 0 rings (SSSR count). The van der Waals surface area contributed by atoms with Gasteiger partial charge >= 0.3 is 0 Å². The average molecular weight is 168 g/mol. The van der Waals surface area contributed by atoms with Gasteiger partial charge in [0.05, 0.1) is 0 Å². The molecule has 0 atom stereocenters. The fourth-order valence-electron chi connectivity index (χ4n) is 0.960. The Balaban J connectivity index is 3.66. The molecular formula is C10H20N2. The zero-order chi connectivity index (χ0) is 9.23. The van der Waals surface area contributed by atoms with E-state index in [1.54, 1.807) is 0 Å². The van der Waals surface area contributed by atoms with E-state index in [2.05, 4.69) is 22.8 Å². The summed E-state index contributed by atoms with van der Waals surface area (Å²) in [4.78, 5) is 0. The summed E-state index contributed by atoms with van der Waals surface area (Å²) in [5.74, 6) is 0. The predicted octanol–water partition coefficient (Wildman–Crippen LogP) is 1.67. The van der Waals surface area contributed by atoms with Crippen molar-refractivity contribution in [3.05, 3.63) is 23.9 Å². The highest BCUT2D eigenvalue weighted by molar-refractivity contribution is 5.09. The maximum absolute atomic E-state index is 3.18. The van der Waals surface area contributed by atoms with Gasteiger partial charge in [0, 0.05) is 12.7 Å². The maximum atomic E-state index is 3.18. The Kier molecular flexibility index (Phi) is 7.81. The van der Waals surface area contributed by atoms with Gasteiger partial charge in [-0.3, -0.25) is 0 Å². The quantitative estimate of drug-likeness (QED) is 0.465. The van der Waals surface area contributed by atoms with Crippen molar-refractivity contribution in [1.82, 2.24) is 10.6 Å². The van der Waals surface area contributed by atoms with Crippen molar-refractivity contribution in [1.29, 1.82) is 0 Å². The second kappa shape index (κ2) is 8.34. The summed E-state index contributed by atoms with van der Waals surface area (Å²) in [6, 6.07) is 0. The van der Waals surface area contributed by atoms with Crippen molar-refractivity contribution in [2.24, 2.45) is 0 Å². The van der Waals surface area contributed by atoms with Crippen LogP contribution in [0.25, 0.3) is 0 Å². The molecule has 0 saturated carbocycles. The summed E-state index contributed by atoms with van der Waals surface area (Å²) in [6.07, 6.45) is 8.51. The van der Waals surface area contributed by atoms with Crippen molar-refractivity contribution < 1.29 is 0 Å². The highest BCUT2D eigenvalue weighted by Gasteiger charge is 1.90. The molecule has 0 unspecified atom stereocenters. The summed E-state index contributed by atoms with van der Waals surface area (Å²) < 4.78 is 0. The normalized spacial score (nSPS) is 12.4. The molecule has 0 aliphatic carbocycles. The minimum absolute atomic E-state index is 1.08. The third-order valence-corrected chi connectivity index (χ3v) is 1.68. The molecule has 0 bridgehead atoms. The van der Waals surface area contributed by atoms with Crippen molar-refractivity contribution in [2.45, 2.75) is 19.8 Å². The molecular weight excluding hydrogens is 148 g/mol. The second-order valence-corrected chi connectivity index (χ2v) is 2.67. The molecule has 0 spiro atoms. The summed E-state index contributed by atoms with van der Waals surface area (Å²) in [5, 5.41) is 6.31. The highest BCUT2D eigenvalue weighted by Crippen LogP contribution is 1.99. The maximum Gasteiger partial charge on any atom is 0.0104 e. The Bertz CT molecular complexity index is 148. The molecule has 0 heterocycles. The Hall–Kier alpha value is -0.760. The van der Waals surface area contributed by atoms with Crippen LogP contribution in [0.5, 0.6) is 0 Å². The van der Waals surface area contributed by atoms with E-state index in [1.807, 2.05) is 27.1 Å². The van der Waals surface area contributed by atoms with Gasteiger partial charge in [0.2, 0.25) is 0 Å². The van der Waals surface area contributed by atoms with E-state index in [0.29, 0.717) is 0 Å². The Morgan fingerprint density at radius 2 is 2.08 bits per heavy atom. The molecule has 0 aliphatic heterocycles. The van der Waals surface area contributed by atoms with E-state index in [0.717, 1.165) is 13.0 Å². The molecule has 12 heavy (non-hydrogen) atoms. The van der Waals surface area contributed by atoms with Gasteiger partial charge in [-0.1, -0.05) is 12.2 Å². The molecule has 2 heteroatoms. The highest BCUT2D eigenvalue weighted by atomic mass is 14.8. The van der Waals surface area contributed by atoms with E-state index in [1.165, 1.54) is 12.1 Å². The summed E-state index contributed by atoms with van der Waals surface area (Å²) in [6.45, 7) is 3.10. The number of hydrogen-bond acceptors (Lipinski definition) is 2. The Morgan fingerprint density at radius 1 is 1.33 bits per heavy atom. The van der Waals surface area contributed by atoms with Gasteiger partial charge in [0.1, 0.15) is 0 Å². The van der Waals surface area contributed by atoms with Crippen LogP contribution in [0, 0.1) is 0 Å². The van der Waals surface area contributed by atoms with Crippen LogP contribution in [0.15, 0.2) is 23.9 Å². The third kappa shape index (κ3) is 5.98. The average Bonchev–Trinajstić information content (AvgIpc) is 2.11. The number of rotatable bonds is 6. The first kappa shape index (κ1) is 11.2. The van der Waals surface area contributed by atoms with Crippen LogP contribution in [0.1, 0.15) is 19.8 Å². The second-order valence-electron chi connectivity index (χ2n) is 2.67. The lowest BCUT2D eigenvalue weighted by atomic mass is 10.2. The fourth-order valence-corrected chi connectivity index (χ4v) is 0.960. The van der Waals surface area contributed by atoms with Crippen LogP contribution >= 0.6 is 0 Å². The molecule has 0 aliphatic rings. The lowest BCUT2D eigenvalue weighted by Gasteiger charge is -2.04. The minimum Gasteiger partial charge on any atom is -0.391 e. The molecule has 2 nitrogen and oxygen atoms in total. The van der Waals surface area contributed by atoms with Gasteiger partial charge in [-0.05, 0) is 39.4 Å². The van der Waals surface area contributed by atoms with Gasteiger partial charge in [0.25, 0.3) is 0 Å². The van der Waals surface area contributed by atoms with Gasteiger partial charge in [0.15, 0.2) is 0 Å². The monoisotopic (exact) mass is 168 g/mol. The number of allylic oxidation sites excluding steroid dienone is 4. The zero-order valence-corrected chi connectivity index (χ0v) is 8.35. The van der Waals surface area contributed by atoms with Crippen molar-refractivity contribution in [2.75, 3.05) is 20.6 Å². The summed E-state index contributed by atoms with van der Waals surface area (Å²) in [7, 11) is 3.95. The molecule has 2 N–H and O–H groups in total. The van der Waals surface area contributed by atoms with Gasteiger partial charge < -0.3 is 10.6 Å².